The van der Waals surface area contributed by atoms with Crippen LogP contribution in [0.3, 0.4) is 0 Å². The molecule has 2 N–H and O–H groups in total. The molecule has 5 nitrogen and oxygen atoms in total. The minimum atomic E-state index is -0.484. The van der Waals surface area contributed by atoms with Gasteiger partial charge in [0.05, 0.1) is 6.10 Å². The standard InChI is InChI=1S/C15H31N3O2/c1-12(2)9-18-7-5-6-14(11-18)8-16-15(20)17(4)10-13(3)19/h12-14,19H,5-11H2,1-4H3,(H,16,20). The average molecular weight is 285 g/mol. The van der Waals surface area contributed by atoms with Crippen molar-refractivity contribution in [3.8, 4) is 0 Å². The first-order valence-electron chi connectivity index (χ1n) is 7.77. The van der Waals surface area contributed by atoms with Crippen LogP contribution in [0.25, 0.3) is 0 Å². The van der Waals surface area contributed by atoms with Crippen molar-refractivity contribution in [2.24, 2.45) is 11.8 Å². The van der Waals surface area contributed by atoms with Gasteiger partial charge in [-0.15, -0.1) is 0 Å². The van der Waals surface area contributed by atoms with Gasteiger partial charge in [0, 0.05) is 33.2 Å². The molecule has 20 heavy (non-hydrogen) atoms. The Kier molecular flexibility index (Phi) is 7.30. The zero-order valence-corrected chi connectivity index (χ0v) is 13.4. The lowest BCUT2D eigenvalue weighted by molar-refractivity contribution is 0.137. The van der Waals surface area contributed by atoms with Gasteiger partial charge in [-0.2, -0.15) is 0 Å². The molecule has 0 bridgehead atoms. The molecule has 0 spiro atoms. The average Bonchev–Trinajstić information content (AvgIpc) is 2.34. The summed E-state index contributed by atoms with van der Waals surface area (Å²) in [6.45, 7) is 10.7. The number of rotatable bonds is 6. The van der Waals surface area contributed by atoms with E-state index in [1.54, 1.807) is 18.9 Å². The van der Waals surface area contributed by atoms with Gasteiger partial charge in [0.25, 0.3) is 0 Å². The Balaban J connectivity index is 2.28. The lowest BCUT2D eigenvalue weighted by Crippen LogP contribution is -2.46. The zero-order valence-electron chi connectivity index (χ0n) is 13.4. The summed E-state index contributed by atoms with van der Waals surface area (Å²) >= 11 is 0. The van der Waals surface area contributed by atoms with Crippen molar-refractivity contribution in [1.29, 1.82) is 0 Å². The largest absolute Gasteiger partial charge is 0.392 e. The van der Waals surface area contributed by atoms with Gasteiger partial charge in [-0.05, 0) is 38.1 Å². The van der Waals surface area contributed by atoms with E-state index in [2.05, 4.69) is 24.1 Å². The number of likely N-dealkylation sites (N-methyl/N-ethyl adjacent to an activating group) is 1. The quantitative estimate of drug-likeness (QED) is 0.775. The molecule has 2 unspecified atom stereocenters. The molecule has 0 radical (unpaired) electrons. The molecule has 5 heteroatoms. The van der Waals surface area contributed by atoms with Gasteiger partial charge in [0.2, 0.25) is 0 Å². The van der Waals surface area contributed by atoms with Crippen molar-refractivity contribution in [3.63, 3.8) is 0 Å². The van der Waals surface area contributed by atoms with Crippen molar-refractivity contribution >= 4 is 6.03 Å². The molecule has 1 aliphatic heterocycles. The van der Waals surface area contributed by atoms with E-state index in [0.717, 1.165) is 19.6 Å². The van der Waals surface area contributed by atoms with Crippen LogP contribution in [0.1, 0.15) is 33.6 Å². The van der Waals surface area contributed by atoms with E-state index in [1.807, 2.05) is 0 Å². The molecule has 2 amide bonds. The van der Waals surface area contributed by atoms with Crippen molar-refractivity contribution in [2.75, 3.05) is 39.8 Å². The number of amides is 2. The van der Waals surface area contributed by atoms with Gasteiger partial charge in [-0.3, -0.25) is 0 Å². The maximum Gasteiger partial charge on any atom is 0.317 e. The van der Waals surface area contributed by atoms with Gasteiger partial charge < -0.3 is 20.2 Å². The van der Waals surface area contributed by atoms with Gasteiger partial charge in [-0.1, -0.05) is 13.8 Å². The van der Waals surface area contributed by atoms with Gasteiger partial charge in [-0.25, -0.2) is 4.79 Å². The normalized spacial score (nSPS) is 21.8. The molecule has 0 aliphatic carbocycles. The fourth-order valence-electron chi connectivity index (χ4n) is 2.85. The first kappa shape index (κ1) is 17.2. The molecule has 1 aliphatic rings. The molecule has 1 saturated heterocycles. The van der Waals surface area contributed by atoms with Gasteiger partial charge >= 0.3 is 6.03 Å². The van der Waals surface area contributed by atoms with Crippen LogP contribution in [0.4, 0.5) is 4.79 Å². The third-order valence-corrected chi connectivity index (χ3v) is 3.65. The predicted molar refractivity (Wildman–Crippen MR) is 81.7 cm³/mol. The first-order chi connectivity index (χ1) is 9.38. The Bertz CT molecular complexity index is 295. The maximum atomic E-state index is 11.9. The monoisotopic (exact) mass is 285 g/mol. The van der Waals surface area contributed by atoms with Crippen LogP contribution in [0.5, 0.6) is 0 Å². The van der Waals surface area contributed by atoms with Crippen LogP contribution in [0, 0.1) is 11.8 Å². The molecular weight excluding hydrogens is 254 g/mol. The molecule has 1 rings (SSSR count). The van der Waals surface area contributed by atoms with Crippen LogP contribution in [-0.4, -0.2) is 66.8 Å². The number of hydrogen-bond donors (Lipinski definition) is 2. The van der Waals surface area contributed by atoms with Crippen molar-refractivity contribution in [3.05, 3.63) is 0 Å². The van der Waals surface area contributed by atoms with Crippen molar-refractivity contribution < 1.29 is 9.90 Å². The van der Waals surface area contributed by atoms with E-state index in [1.165, 1.54) is 19.4 Å². The molecule has 1 heterocycles. The Hall–Kier alpha value is -0.810. The van der Waals surface area contributed by atoms with Gasteiger partial charge in [0.1, 0.15) is 0 Å². The highest BCUT2D eigenvalue weighted by Gasteiger charge is 2.21. The summed E-state index contributed by atoms with van der Waals surface area (Å²) in [6.07, 6.45) is 1.92. The number of aliphatic hydroxyl groups is 1. The number of aliphatic hydroxyl groups excluding tert-OH is 1. The Morgan fingerprint density at radius 2 is 2.15 bits per heavy atom. The number of urea groups is 1. The summed E-state index contributed by atoms with van der Waals surface area (Å²) in [5.74, 6) is 1.24. The number of piperidine rings is 1. The SMILES string of the molecule is CC(C)CN1CCCC(CNC(=O)N(C)CC(C)O)C1. The summed E-state index contributed by atoms with van der Waals surface area (Å²) in [7, 11) is 1.72. The predicted octanol–water partition coefficient (Wildman–Crippen LogP) is 1.38. The fourth-order valence-corrected chi connectivity index (χ4v) is 2.85. The lowest BCUT2D eigenvalue weighted by Gasteiger charge is -2.34. The smallest absolute Gasteiger partial charge is 0.317 e. The van der Waals surface area contributed by atoms with Crippen LogP contribution in [0.2, 0.25) is 0 Å². The minimum absolute atomic E-state index is 0.0908. The number of carbonyl (C=O) groups excluding carboxylic acids is 1. The summed E-state index contributed by atoms with van der Waals surface area (Å²) in [5.41, 5.74) is 0. The number of nitrogens with zero attached hydrogens (tertiary/aromatic N) is 2. The molecule has 0 aromatic carbocycles. The van der Waals surface area contributed by atoms with E-state index >= 15 is 0 Å². The molecule has 0 aromatic heterocycles. The second kappa shape index (κ2) is 8.47. The molecule has 118 valence electrons. The summed E-state index contributed by atoms with van der Waals surface area (Å²) < 4.78 is 0. The van der Waals surface area contributed by atoms with Crippen molar-refractivity contribution in [2.45, 2.75) is 39.7 Å². The van der Waals surface area contributed by atoms with Crippen LogP contribution in [-0.2, 0) is 0 Å². The first-order valence-corrected chi connectivity index (χ1v) is 7.77. The molecule has 2 atom stereocenters. The minimum Gasteiger partial charge on any atom is -0.392 e. The molecular formula is C15H31N3O2. The Morgan fingerprint density at radius 1 is 1.45 bits per heavy atom. The Morgan fingerprint density at radius 3 is 2.75 bits per heavy atom. The highest BCUT2D eigenvalue weighted by Crippen LogP contribution is 2.16. The number of carbonyl (C=O) groups is 1. The van der Waals surface area contributed by atoms with Gasteiger partial charge in [0.15, 0.2) is 0 Å². The summed E-state index contributed by atoms with van der Waals surface area (Å²) in [5, 5.41) is 12.3. The van der Waals surface area contributed by atoms with Crippen molar-refractivity contribution in [1.82, 2.24) is 15.1 Å². The third-order valence-electron chi connectivity index (χ3n) is 3.65. The summed E-state index contributed by atoms with van der Waals surface area (Å²) in [4.78, 5) is 15.9. The molecule has 1 fully saturated rings. The molecule has 0 aromatic rings. The number of nitrogens with one attached hydrogen (secondary N) is 1. The van der Waals surface area contributed by atoms with Crippen LogP contribution in [0.15, 0.2) is 0 Å². The van der Waals surface area contributed by atoms with E-state index in [0.29, 0.717) is 18.4 Å². The Labute approximate surface area is 123 Å². The number of likely N-dealkylation sites (tertiary alicyclic amines) is 1. The summed E-state index contributed by atoms with van der Waals surface area (Å²) in [6, 6.07) is -0.0908. The third kappa shape index (κ3) is 6.57. The van der Waals surface area contributed by atoms with E-state index in [-0.39, 0.29) is 6.03 Å². The highest BCUT2D eigenvalue weighted by atomic mass is 16.3. The van der Waals surface area contributed by atoms with E-state index < -0.39 is 6.10 Å². The van der Waals surface area contributed by atoms with Crippen LogP contribution >= 0.6 is 0 Å². The van der Waals surface area contributed by atoms with E-state index in [4.69, 9.17) is 0 Å². The zero-order chi connectivity index (χ0) is 15.1. The highest BCUT2D eigenvalue weighted by molar-refractivity contribution is 5.73. The number of hydrogen-bond acceptors (Lipinski definition) is 3. The fraction of sp³-hybridized carbons (Fsp3) is 0.933. The second-order valence-corrected chi connectivity index (χ2v) is 6.58. The second-order valence-electron chi connectivity index (χ2n) is 6.58. The molecule has 0 saturated carbocycles. The van der Waals surface area contributed by atoms with E-state index in [9.17, 15) is 9.90 Å². The maximum absolute atomic E-state index is 11.9. The lowest BCUT2D eigenvalue weighted by atomic mass is 9.97. The topological polar surface area (TPSA) is 55.8 Å². The van der Waals surface area contributed by atoms with Crippen LogP contribution < -0.4 is 5.32 Å².